The van der Waals surface area contributed by atoms with Crippen LogP contribution >= 0.6 is 0 Å². The Kier molecular flexibility index (Phi) is 4.52. The van der Waals surface area contributed by atoms with Crippen LogP contribution in [0.25, 0.3) is 0 Å². The fourth-order valence-corrected chi connectivity index (χ4v) is 2.53. The number of carbonyl (C=O) groups is 1. The van der Waals surface area contributed by atoms with Gasteiger partial charge in [-0.05, 0) is 23.8 Å². The quantitative estimate of drug-likeness (QED) is 0.768. The monoisotopic (exact) mass is 308 g/mol. The molecule has 4 heteroatoms. The highest BCUT2D eigenvalue weighted by Crippen LogP contribution is 2.19. The number of benzene rings is 2. The number of hydrogen-bond donors (Lipinski definition) is 1. The van der Waals surface area contributed by atoms with Crippen LogP contribution in [-0.4, -0.2) is 10.5 Å². The molecule has 1 aromatic heterocycles. The van der Waals surface area contributed by atoms with Crippen LogP contribution in [-0.2, 0) is 11.3 Å². The summed E-state index contributed by atoms with van der Waals surface area (Å²) in [6.07, 6.45) is 3.70. The smallest absolute Gasteiger partial charge is 0.247 e. The largest absolute Gasteiger partial charge is 0.350 e. The first kappa shape index (κ1) is 15.0. The molecule has 116 valence electrons. The molecular weight excluding hydrogens is 291 g/mol. The van der Waals surface area contributed by atoms with Crippen molar-refractivity contribution in [2.45, 2.75) is 12.6 Å². The van der Waals surface area contributed by atoms with Crippen molar-refractivity contribution in [2.24, 2.45) is 0 Å². The van der Waals surface area contributed by atoms with Gasteiger partial charge < -0.3 is 9.88 Å². The van der Waals surface area contributed by atoms with E-state index in [1.807, 2.05) is 59.4 Å². The fraction of sp³-hybridized carbons (Fsp3) is 0.105. The van der Waals surface area contributed by atoms with Crippen LogP contribution in [0, 0.1) is 5.82 Å². The lowest BCUT2D eigenvalue weighted by molar-refractivity contribution is -0.123. The molecule has 0 aliphatic heterocycles. The number of hydrogen-bond acceptors (Lipinski definition) is 1. The average molecular weight is 308 g/mol. The molecule has 0 saturated carbocycles. The van der Waals surface area contributed by atoms with Crippen molar-refractivity contribution in [2.75, 3.05) is 0 Å². The molecule has 0 aliphatic rings. The summed E-state index contributed by atoms with van der Waals surface area (Å²) >= 11 is 0. The summed E-state index contributed by atoms with van der Waals surface area (Å²) in [6.45, 7) is 0.163. The van der Waals surface area contributed by atoms with Crippen LogP contribution in [0.3, 0.4) is 0 Å². The van der Waals surface area contributed by atoms with E-state index in [9.17, 15) is 9.18 Å². The molecule has 1 N–H and O–H groups in total. The molecule has 0 unspecified atom stereocenters. The van der Waals surface area contributed by atoms with Gasteiger partial charge in [0.1, 0.15) is 11.9 Å². The van der Waals surface area contributed by atoms with Crippen LogP contribution in [0.5, 0.6) is 0 Å². The topological polar surface area (TPSA) is 34.0 Å². The lowest BCUT2D eigenvalue weighted by Crippen LogP contribution is -2.32. The van der Waals surface area contributed by atoms with Crippen molar-refractivity contribution in [3.8, 4) is 0 Å². The number of halogens is 1. The van der Waals surface area contributed by atoms with Gasteiger partial charge in [0.05, 0.1) is 0 Å². The van der Waals surface area contributed by atoms with Gasteiger partial charge in [-0.1, -0.05) is 48.5 Å². The first-order valence-electron chi connectivity index (χ1n) is 7.44. The predicted octanol–water partition coefficient (Wildman–Crippen LogP) is 3.53. The summed E-state index contributed by atoms with van der Waals surface area (Å²) < 4.78 is 15.5. The zero-order valence-electron chi connectivity index (χ0n) is 12.5. The van der Waals surface area contributed by atoms with Crippen LogP contribution < -0.4 is 5.32 Å². The minimum absolute atomic E-state index is 0.163. The third-order valence-electron chi connectivity index (χ3n) is 3.70. The second kappa shape index (κ2) is 6.92. The highest BCUT2D eigenvalue weighted by atomic mass is 19.1. The van der Waals surface area contributed by atoms with Crippen LogP contribution in [0.15, 0.2) is 79.1 Å². The van der Waals surface area contributed by atoms with E-state index in [4.69, 9.17) is 0 Å². The van der Waals surface area contributed by atoms with Crippen LogP contribution in [0.4, 0.5) is 4.39 Å². The van der Waals surface area contributed by atoms with Crippen molar-refractivity contribution in [3.05, 3.63) is 96.1 Å². The van der Waals surface area contributed by atoms with E-state index in [-0.39, 0.29) is 18.3 Å². The molecular formula is C19H17FN2O. The van der Waals surface area contributed by atoms with Gasteiger partial charge in [0, 0.05) is 24.5 Å². The van der Waals surface area contributed by atoms with E-state index in [2.05, 4.69) is 5.32 Å². The Labute approximate surface area is 134 Å². The Morgan fingerprint density at radius 1 is 0.957 bits per heavy atom. The Morgan fingerprint density at radius 3 is 2.30 bits per heavy atom. The van der Waals surface area contributed by atoms with E-state index in [0.29, 0.717) is 5.56 Å². The first-order chi connectivity index (χ1) is 11.3. The molecule has 0 saturated heterocycles. The molecule has 23 heavy (non-hydrogen) atoms. The summed E-state index contributed by atoms with van der Waals surface area (Å²) in [5.41, 5.74) is 1.36. The maximum Gasteiger partial charge on any atom is 0.247 e. The third kappa shape index (κ3) is 3.48. The Bertz CT molecular complexity index is 769. The predicted molar refractivity (Wildman–Crippen MR) is 87.3 cm³/mol. The summed E-state index contributed by atoms with van der Waals surface area (Å²) in [4.78, 5) is 12.7. The minimum Gasteiger partial charge on any atom is -0.350 e. The Balaban J connectivity index is 1.80. The van der Waals surface area contributed by atoms with Gasteiger partial charge in [-0.25, -0.2) is 4.39 Å². The number of amides is 1. The summed E-state index contributed by atoms with van der Waals surface area (Å²) in [5.74, 6) is -0.485. The zero-order chi connectivity index (χ0) is 16.1. The lowest BCUT2D eigenvalue weighted by Gasteiger charge is -2.19. The standard InChI is InChI=1S/C19H17FN2O/c20-17-11-5-4-10-16(17)14-21-19(23)18(22-12-6-7-13-22)15-8-2-1-3-9-15/h1-13,18H,14H2,(H,21,23)/t18-/m0/s1. The summed E-state index contributed by atoms with van der Waals surface area (Å²) in [5, 5.41) is 2.83. The molecule has 0 radical (unpaired) electrons. The summed E-state index contributed by atoms with van der Waals surface area (Å²) in [7, 11) is 0. The van der Waals surface area contributed by atoms with E-state index < -0.39 is 6.04 Å². The van der Waals surface area contributed by atoms with Crippen molar-refractivity contribution in [3.63, 3.8) is 0 Å². The molecule has 1 heterocycles. The molecule has 3 aromatic rings. The molecule has 0 aliphatic carbocycles. The lowest BCUT2D eigenvalue weighted by atomic mass is 10.1. The Hall–Kier alpha value is -2.88. The molecule has 2 aromatic carbocycles. The van der Waals surface area contributed by atoms with Gasteiger partial charge in [0.15, 0.2) is 0 Å². The molecule has 0 fully saturated rings. The first-order valence-corrected chi connectivity index (χ1v) is 7.44. The van der Waals surface area contributed by atoms with Crippen molar-refractivity contribution >= 4 is 5.91 Å². The second-order valence-corrected chi connectivity index (χ2v) is 5.25. The molecule has 1 amide bonds. The maximum absolute atomic E-state index is 13.7. The molecule has 3 nitrogen and oxygen atoms in total. The van der Waals surface area contributed by atoms with Crippen molar-refractivity contribution in [1.82, 2.24) is 9.88 Å². The maximum atomic E-state index is 13.7. The third-order valence-corrected chi connectivity index (χ3v) is 3.70. The van der Waals surface area contributed by atoms with Crippen LogP contribution in [0.1, 0.15) is 17.2 Å². The van der Waals surface area contributed by atoms with Crippen molar-refractivity contribution < 1.29 is 9.18 Å². The van der Waals surface area contributed by atoms with E-state index >= 15 is 0 Å². The minimum atomic E-state index is -0.474. The van der Waals surface area contributed by atoms with E-state index in [1.54, 1.807) is 18.2 Å². The van der Waals surface area contributed by atoms with E-state index in [1.165, 1.54) is 6.07 Å². The number of nitrogens with one attached hydrogen (secondary N) is 1. The fourth-order valence-electron chi connectivity index (χ4n) is 2.53. The number of rotatable bonds is 5. The van der Waals surface area contributed by atoms with Gasteiger partial charge >= 0.3 is 0 Å². The zero-order valence-corrected chi connectivity index (χ0v) is 12.5. The molecule has 3 rings (SSSR count). The van der Waals surface area contributed by atoms with Crippen molar-refractivity contribution in [1.29, 1.82) is 0 Å². The van der Waals surface area contributed by atoms with Crippen LogP contribution in [0.2, 0.25) is 0 Å². The number of nitrogens with zero attached hydrogens (tertiary/aromatic N) is 1. The SMILES string of the molecule is O=C(NCc1ccccc1F)[C@H](c1ccccc1)n1cccc1. The summed E-state index contributed by atoms with van der Waals surface area (Å²) in [6, 6.07) is 19.3. The number of carbonyl (C=O) groups excluding carboxylic acids is 1. The van der Waals surface area contributed by atoms with Gasteiger partial charge in [-0.2, -0.15) is 0 Å². The average Bonchev–Trinajstić information content (AvgIpc) is 3.09. The second-order valence-electron chi connectivity index (χ2n) is 5.25. The van der Waals surface area contributed by atoms with Gasteiger partial charge in [0.25, 0.3) is 0 Å². The van der Waals surface area contributed by atoms with Gasteiger partial charge in [-0.15, -0.1) is 0 Å². The van der Waals surface area contributed by atoms with Gasteiger partial charge in [-0.3, -0.25) is 4.79 Å². The normalized spacial score (nSPS) is 11.9. The Morgan fingerprint density at radius 2 is 1.61 bits per heavy atom. The number of aromatic nitrogens is 1. The molecule has 0 bridgehead atoms. The molecule has 0 spiro atoms. The molecule has 1 atom stereocenters. The highest BCUT2D eigenvalue weighted by molar-refractivity contribution is 5.83. The van der Waals surface area contributed by atoms with Gasteiger partial charge in [0.2, 0.25) is 5.91 Å². The highest BCUT2D eigenvalue weighted by Gasteiger charge is 2.21. The van der Waals surface area contributed by atoms with E-state index in [0.717, 1.165) is 5.56 Å².